The Kier molecular flexibility index (Phi) is 5.78. The summed E-state index contributed by atoms with van der Waals surface area (Å²) in [6.07, 6.45) is 9.06. The monoisotopic (exact) mass is 435 g/mol. The summed E-state index contributed by atoms with van der Waals surface area (Å²) in [7, 11) is 0. The third-order valence-electron chi connectivity index (χ3n) is 7.31. The van der Waals surface area contributed by atoms with Crippen molar-refractivity contribution in [2.75, 3.05) is 24.5 Å². The van der Waals surface area contributed by atoms with Crippen LogP contribution in [0.15, 0.2) is 42.7 Å². The number of non-ortho nitro benzene ring substituents is 1. The number of hydrogen-bond acceptors (Lipinski definition) is 6. The van der Waals surface area contributed by atoms with Crippen molar-refractivity contribution in [3.63, 3.8) is 0 Å². The molecule has 1 N–H and O–H groups in total. The number of piperazine rings is 1. The maximum atomic E-state index is 13.4. The normalized spacial score (nSPS) is 23.4. The van der Waals surface area contributed by atoms with Crippen LogP contribution in [0.3, 0.4) is 0 Å². The number of rotatable bonds is 5. The Hall–Kier alpha value is -3.00. The summed E-state index contributed by atoms with van der Waals surface area (Å²) in [6.45, 7) is 3.12. The molecule has 168 valence electrons. The van der Waals surface area contributed by atoms with Crippen molar-refractivity contribution in [3.05, 3.63) is 64.0 Å². The predicted molar refractivity (Wildman–Crippen MR) is 121 cm³/mol. The number of nitro benzene ring substituents is 1. The van der Waals surface area contributed by atoms with E-state index in [1.807, 2.05) is 18.2 Å². The fraction of sp³-hybridized carbons (Fsp3) is 0.500. The summed E-state index contributed by atoms with van der Waals surface area (Å²) in [5.41, 5.74) is 2.98. The van der Waals surface area contributed by atoms with Crippen molar-refractivity contribution in [2.24, 2.45) is 5.92 Å². The van der Waals surface area contributed by atoms with Crippen LogP contribution in [0.4, 0.5) is 11.4 Å². The number of hydrogen-bond donors (Lipinski definition) is 1. The van der Waals surface area contributed by atoms with Gasteiger partial charge in [0.25, 0.3) is 5.69 Å². The highest BCUT2D eigenvalue weighted by Crippen LogP contribution is 2.39. The summed E-state index contributed by atoms with van der Waals surface area (Å²) in [4.78, 5) is 33.4. The van der Waals surface area contributed by atoms with Crippen molar-refractivity contribution in [3.8, 4) is 0 Å². The van der Waals surface area contributed by atoms with E-state index in [9.17, 15) is 14.9 Å². The Morgan fingerprint density at radius 1 is 1.22 bits per heavy atom. The van der Waals surface area contributed by atoms with E-state index in [0.717, 1.165) is 36.4 Å². The van der Waals surface area contributed by atoms with Gasteiger partial charge in [-0.25, -0.2) is 0 Å². The van der Waals surface area contributed by atoms with Gasteiger partial charge in [-0.1, -0.05) is 18.9 Å². The first-order valence-electron chi connectivity index (χ1n) is 11.5. The van der Waals surface area contributed by atoms with Crippen LogP contribution < -0.4 is 10.2 Å². The molecule has 2 atom stereocenters. The van der Waals surface area contributed by atoms with Crippen LogP contribution in [0, 0.1) is 16.0 Å². The number of nitrogens with zero attached hydrogens (tertiary/aromatic N) is 4. The number of pyridine rings is 1. The lowest BCUT2D eigenvalue weighted by atomic mass is 9.82. The first-order valence-corrected chi connectivity index (χ1v) is 11.5. The predicted octanol–water partition coefficient (Wildman–Crippen LogP) is 2.91. The maximum Gasteiger partial charge on any atom is 0.269 e. The van der Waals surface area contributed by atoms with Crippen molar-refractivity contribution in [1.29, 1.82) is 0 Å². The van der Waals surface area contributed by atoms with Gasteiger partial charge in [-0.05, 0) is 42.5 Å². The van der Waals surface area contributed by atoms with Crippen molar-refractivity contribution in [2.45, 2.75) is 50.7 Å². The van der Waals surface area contributed by atoms with E-state index in [-0.39, 0.29) is 28.5 Å². The summed E-state index contributed by atoms with van der Waals surface area (Å²) in [5, 5.41) is 14.4. The molecule has 8 nitrogen and oxygen atoms in total. The number of nitro groups is 1. The molecular weight excluding hydrogens is 406 g/mol. The smallest absolute Gasteiger partial charge is 0.269 e. The van der Waals surface area contributed by atoms with Gasteiger partial charge in [0.1, 0.15) is 0 Å². The zero-order valence-corrected chi connectivity index (χ0v) is 18.2. The number of fused-ring (bicyclic) bond motifs is 3. The minimum Gasteiger partial charge on any atom is -0.365 e. The molecule has 1 aliphatic carbocycles. The Morgan fingerprint density at radius 2 is 2.06 bits per heavy atom. The Morgan fingerprint density at radius 3 is 2.81 bits per heavy atom. The first kappa shape index (κ1) is 20.9. The number of anilines is 1. The van der Waals surface area contributed by atoms with Crippen LogP contribution in [0.1, 0.15) is 36.8 Å². The van der Waals surface area contributed by atoms with Crippen LogP contribution in [0.5, 0.6) is 0 Å². The van der Waals surface area contributed by atoms with Crippen molar-refractivity contribution >= 4 is 17.3 Å². The Labute approximate surface area is 187 Å². The largest absolute Gasteiger partial charge is 0.365 e. The van der Waals surface area contributed by atoms with Gasteiger partial charge in [0.15, 0.2) is 0 Å². The van der Waals surface area contributed by atoms with Gasteiger partial charge >= 0.3 is 0 Å². The molecule has 3 heterocycles. The zero-order valence-electron chi connectivity index (χ0n) is 18.2. The summed E-state index contributed by atoms with van der Waals surface area (Å²) in [6, 6.07) is 9.61. The third-order valence-corrected chi connectivity index (χ3v) is 7.31. The maximum absolute atomic E-state index is 13.4. The van der Waals surface area contributed by atoms with Crippen molar-refractivity contribution in [1.82, 2.24) is 15.2 Å². The van der Waals surface area contributed by atoms with Crippen molar-refractivity contribution < 1.29 is 9.72 Å². The molecule has 1 amide bonds. The van der Waals surface area contributed by atoms with Crippen LogP contribution >= 0.6 is 0 Å². The number of carbonyl (C=O) groups is 1. The van der Waals surface area contributed by atoms with Gasteiger partial charge in [-0.3, -0.25) is 24.8 Å². The van der Waals surface area contributed by atoms with Crippen LogP contribution in [-0.4, -0.2) is 52.4 Å². The van der Waals surface area contributed by atoms with E-state index in [0.29, 0.717) is 19.0 Å². The minimum atomic E-state index is -0.359. The molecule has 1 aromatic heterocycles. The molecule has 32 heavy (non-hydrogen) atoms. The third kappa shape index (κ3) is 4.07. The van der Waals surface area contributed by atoms with E-state index >= 15 is 0 Å². The summed E-state index contributed by atoms with van der Waals surface area (Å²) < 4.78 is 0. The molecule has 5 rings (SSSR count). The molecule has 2 aliphatic heterocycles. The van der Waals surface area contributed by atoms with Gasteiger partial charge < -0.3 is 10.2 Å². The molecule has 1 aromatic carbocycles. The molecule has 8 heteroatoms. The number of benzene rings is 1. The quantitative estimate of drug-likeness (QED) is 0.574. The van der Waals surface area contributed by atoms with Crippen LogP contribution in [0.25, 0.3) is 0 Å². The molecule has 0 bridgehead atoms. The second-order valence-electron chi connectivity index (χ2n) is 9.15. The second kappa shape index (κ2) is 8.86. The highest BCUT2D eigenvalue weighted by molar-refractivity contribution is 5.82. The molecule has 0 radical (unpaired) electrons. The Balaban J connectivity index is 1.40. The van der Waals surface area contributed by atoms with E-state index in [2.05, 4.69) is 20.1 Å². The molecule has 2 fully saturated rings. The molecule has 3 aliphatic rings. The zero-order chi connectivity index (χ0) is 22.1. The second-order valence-corrected chi connectivity index (χ2v) is 9.15. The van der Waals surface area contributed by atoms with Crippen LogP contribution in [-0.2, 0) is 17.8 Å². The first-order chi connectivity index (χ1) is 15.6. The molecular formula is C24H29N5O3. The minimum absolute atomic E-state index is 0.00859. The van der Waals surface area contributed by atoms with Gasteiger partial charge in [-0.15, -0.1) is 0 Å². The fourth-order valence-electron chi connectivity index (χ4n) is 5.67. The lowest BCUT2D eigenvalue weighted by Crippen LogP contribution is -2.62. The number of carbonyl (C=O) groups excluding carboxylic acids is 1. The highest BCUT2D eigenvalue weighted by Gasteiger charge is 2.43. The molecule has 1 saturated heterocycles. The van der Waals surface area contributed by atoms with Gasteiger partial charge in [0.05, 0.1) is 16.9 Å². The summed E-state index contributed by atoms with van der Waals surface area (Å²) >= 11 is 0. The molecule has 2 aromatic rings. The van der Waals surface area contributed by atoms with E-state index in [1.165, 1.54) is 25.7 Å². The number of amides is 1. The molecule has 0 spiro atoms. The van der Waals surface area contributed by atoms with E-state index in [1.54, 1.807) is 24.5 Å². The molecule has 2 unspecified atom stereocenters. The summed E-state index contributed by atoms with van der Waals surface area (Å²) in [5.74, 6) is -0.236. The fourth-order valence-corrected chi connectivity index (χ4v) is 5.67. The average Bonchev–Trinajstić information content (AvgIpc) is 3.37. The highest BCUT2D eigenvalue weighted by atomic mass is 16.6. The average molecular weight is 436 g/mol. The topological polar surface area (TPSA) is 91.6 Å². The lowest BCUT2D eigenvalue weighted by molar-refractivity contribution is -0.384. The van der Waals surface area contributed by atoms with Gasteiger partial charge in [0.2, 0.25) is 5.91 Å². The lowest BCUT2D eigenvalue weighted by Gasteiger charge is -2.50. The SMILES string of the molecule is O=C(NCc1cccnc1)C1Cc2cc([N+](=O)[O-])ccc2N2CCN(C3CCCC3)CC12. The van der Waals surface area contributed by atoms with Gasteiger partial charge in [0, 0.05) is 62.4 Å². The van der Waals surface area contributed by atoms with Gasteiger partial charge in [-0.2, -0.15) is 0 Å². The number of aromatic nitrogens is 1. The van der Waals surface area contributed by atoms with E-state index in [4.69, 9.17) is 0 Å². The van der Waals surface area contributed by atoms with Crippen LogP contribution in [0.2, 0.25) is 0 Å². The standard InChI is InChI=1S/C24H29N5O3/c30-24(26-15-17-4-3-9-25-14-17)21-13-18-12-20(29(31)32)7-8-22(18)28-11-10-27(16-23(21)28)19-5-1-2-6-19/h3-4,7-9,12,14,19,21,23H,1-2,5-6,10-11,13,15-16H2,(H,26,30). The Bertz CT molecular complexity index is 992. The number of nitrogens with one attached hydrogen (secondary N) is 1. The van der Waals surface area contributed by atoms with E-state index < -0.39 is 0 Å². The molecule has 1 saturated carbocycles.